The van der Waals surface area contributed by atoms with Crippen LogP contribution >= 0.6 is 39.1 Å². The molecule has 0 saturated heterocycles. The number of carbonyl (C=O) groups excluding carboxylic acids is 1. The van der Waals surface area contributed by atoms with E-state index in [1.807, 2.05) is 66.7 Å². The second-order valence-electron chi connectivity index (χ2n) is 7.98. The fourth-order valence-corrected chi connectivity index (χ4v) is 4.76. The summed E-state index contributed by atoms with van der Waals surface area (Å²) in [6.07, 6.45) is 0.491. The summed E-state index contributed by atoms with van der Waals surface area (Å²) < 4.78 is 0.950. The summed E-state index contributed by atoms with van der Waals surface area (Å²) in [4.78, 5) is 12.8. The van der Waals surface area contributed by atoms with Crippen molar-refractivity contribution in [3.8, 4) is 0 Å². The fourth-order valence-electron chi connectivity index (χ4n) is 4.15. The summed E-state index contributed by atoms with van der Waals surface area (Å²) in [5.74, 6) is -0.148. The largest absolute Gasteiger partial charge is 0.324 e. The van der Waals surface area contributed by atoms with Crippen molar-refractivity contribution < 1.29 is 4.79 Å². The number of rotatable bonds is 7. The highest BCUT2D eigenvalue weighted by molar-refractivity contribution is 9.10. The highest BCUT2D eigenvalue weighted by Crippen LogP contribution is 2.41. The Hall–Kier alpha value is -2.60. The quantitative estimate of drug-likeness (QED) is 0.355. The van der Waals surface area contributed by atoms with E-state index in [1.54, 1.807) is 5.01 Å². The fraction of sp³-hybridized carbons (Fsp3) is 0.154. The molecule has 0 aliphatic carbocycles. The number of hydrogen-bond acceptors (Lipinski definition) is 3. The summed E-state index contributed by atoms with van der Waals surface area (Å²) in [5, 5.41) is 10.8. The van der Waals surface area contributed by atoms with E-state index in [0.29, 0.717) is 23.0 Å². The van der Waals surface area contributed by atoms with E-state index in [2.05, 4.69) is 40.0 Å². The van der Waals surface area contributed by atoms with Gasteiger partial charge < -0.3 is 5.32 Å². The van der Waals surface area contributed by atoms with Gasteiger partial charge in [-0.25, -0.2) is 0 Å². The van der Waals surface area contributed by atoms with Crippen LogP contribution < -0.4 is 5.32 Å². The molecule has 0 spiro atoms. The molecule has 3 aromatic carbocycles. The van der Waals surface area contributed by atoms with Gasteiger partial charge in [0.25, 0.3) is 0 Å². The van der Waals surface area contributed by atoms with Gasteiger partial charge in [0.05, 0.1) is 17.7 Å². The molecule has 1 aliphatic heterocycles. The van der Waals surface area contributed by atoms with E-state index in [1.165, 1.54) is 0 Å². The lowest BCUT2D eigenvalue weighted by Gasteiger charge is -2.31. The maximum atomic E-state index is 12.8. The summed E-state index contributed by atoms with van der Waals surface area (Å²) >= 11 is 15.9. The second kappa shape index (κ2) is 10.1. The van der Waals surface area contributed by atoms with Gasteiger partial charge in [0, 0.05) is 20.2 Å². The van der Waals surface area contributed by atoms with Crippen LogP contribution in [0.4, 0.5) is 5.69 Å². The van der Waals surface area contributed by atoms with Crippen LogP contribution in [0.15, 0.2) is 100 Å². The number of hydrazone groups is 1. The molecule has 0 bridgehead atoms. The molecule has 0 radical (unpaired) electrons. The SMILES string of the molecule is C=C(Cl)CC1(c2ccccc2)CN(CC(=O)Nc2ccc(Br)cc2)N=C1c1ccc(Cl)cc1. The van der Waals surface area contributed by atoms with Crippen molar-refractivity contribution in [3.63, 3.8) is 0 Å². The standard InChI is InChI=1S/C26H22BrCl2N3O/c1-18(28)15-26(20-5-3-2-4-6-20)17-32(31-25(26)19-7-11-22(29)12-8-19)16-24(33)30-23-13-9-21(27)10-14-23/h2-14H,1,15-17H2,(H,30,33). The molecular weight excluding hydrogens is 521 g/mol. The summed E-state index contributed by atoms with van der Waals surface area (Å²) in [6.45, 7) is 4.57. The van der Waals surface area contributed by atoms with Crippen LogP contribution in [0.2, 0.25) is 5.02 Å². The van der Waals surface area contributed by atoms with Gasteiger partial charge in [0.2, 0.25) is 5.91 Å². The minimum Gasteiger partial charge on any atom is -0.324 e. The van der Waals surface area contributed by atoms with Crippen molar-refractivity contribution in [2.24, 2.45) is 5.10 Å². The highest BCUT2D eigenvalue weighted by atomic mass is 79.9. The minimum atomic E-state index is -0.550. The molecule has 1 amide bonds. The first kappa shape index (κ1) is 23.6. The number of nitrogens with zero attached hydrogens (tertiary/aromatic N) is 2. The Morgan fingerprint density at radius 2 is 1.73 bits per heavy atom. The van der Waals surface area contributed by atoms with E-state index in [4.69, 9.17) is 28.3 Å². The zero-order chi connectivity index (χ0) is 23.4. The van der Waals surface area contributed by atoms with Crippen LogP contribution in [-0.4, -0.2) is 29.7 Å². The number of nitrogens with one attached hydrogen (secondary N) is 1. The lowest BCUT2D eigenvalue weighted by Crippen LogP contribution is -2.40. The van der Waals surface area contributed by atoms with Crippen LogP contribution in [0.3, 0.4) is 0 Å². The lowest BCUT2D eigenvalue weighted by molar-refractivity contribution is -0.117. The molecule has 0 aromatic heterocycles. The zero-order valence-corrected chi connectivity index (χ0v) is 20.9. The van der Waals surface area contributed by atoms with Crippen LogP contribution in [0, 0.1) is 0 Å². The zero-order valence-electron chi connectivity index (χ0n) is 17.8. The lowest BCUT2D eigenvalue weighted by atomic mass is 9.72. The maximum Gasteiger partial charge on any atom is 0.245 e. The van der Waals surface area contributed by atoms with Gasteiger partial charge in [-0.15, -0.1) is 0 Å². The molecule has 1 atom stereocenters. The van der Waals surface area contributed by atoms with Crippen LogP contribution in [-0.2, 0) is 10.2 Å². The first-order valence-electron chi connectivity index (χ1n) is 10.4. The van der Waals surface area contributed by atoms with Gasteiger partial charge in [0.15, 0.2) is 0 Å². The van der Waals surface area contributed by atoms with Gasteiger partial charge in [-0.2, -0.15) is 5.10 Å². The Morgan fingerprint density at radius 1 is 1.06 bits per heavy atom. The van der Waals surface area contributed by atoms with Crippen molar-refractivity contribution >= 4 is 56.4 Å². The van der Waals surface area contributed by atoms with Crippen LogP contribution in [0.1, 0.15) is 17.5 Å². The number of halogens is 3. The monoisotopic (exact) mass is 541 g/mol. The maximum absolute atomic E-state index is 12.8. The van der Waals surface area contributed by atoms with Gasteiger partial charge >= 0.3 is 0 Å². The van der Waals surface area contributed by atoms with Gasteiger partial charge in [-0.3, -0.25) is 9.80 Å². The average molecular weight is 543 g/mol. The Morgan fingerprint density at radius 3 is 2.36 bits per heavy atom. The Kier molecular flexibility index (Phi) is 7.23. The first-order chi connectivity index (χ1) is 15.9. The van der Waals surface area contributed by atoms with Crippen LogP contribution in [0.5, 0.6) is 0 Å². The topological polar surface area (TPSA) is 44.7 Å². The van der Waals surface area contributed by atoms with Crippen molar-refractivity contribution in [1.82, 2.24) is 5.01 Å². The van der Waals surface area contributed by atoms with Crippen molar-refractivity contribution in [3.05, 3.63) is 111 Å². The summed E-state index contributed by atoms with van der Waals surface area (Å²) in [5.41, 5.74) is 3.01. The third-order valence-corrected chi connectivity index (χ3v) is 6.45. The molecular formula is C26H22BrCl2N3O. The van der Waals surface area contributed by atoms with Crippen molar-refractivity contribution in [1.29, 1.82) is 0 Å². The molecule has 1 heterocycles. The van der Waals surface area contributed by atoms with Crippen LogP contribution in [0.25, 0.3) is 0 Å². The molecule has 1 N–H and O–H groups in total. The number of amides is 1. The van der Waals surface area contributed by atoms with E-state index < -0.39 is 5.41 Å². The predicted octanol–water partition coefficient (Wildman–Crippen LogP) is 6.84. The van der Waals surface area contributed by atoms with Gasteiger partial charge in [0.1, 0.15) is 6.54 Å². The van der Waals surface area contributed by atoms with E-state index in [0.717, 1.165) is 27.0 Å². The summed E-state index contributed by atoms with van der Waals surface area (Å²) in [7, 11) is 0. The van der Waals surface area contributed by atoms with Gasteiger partial charge in [-0.05, 0) is 53.9 Å². The normalized spacial score (nSPS) is 17.5. The summed E-state index contributed by atoms with van der Waals surface area (Å²) in [6, 6.07) is 25.1. The Balaban J connectivity index is 1.68. The third kappa shape index (κ3) is 5.49. The molecule has 7 heteroatoms. The smallest absolute Gasteiger partial charge is 0.245 e. The molecule has 3 aromatic rings. The number of allylic oxidation sites excluding steroid dienone is 1. The van der Waals surface area contributed by atoms with Crippen molar-refractivity contribution in [2.75, 3.05) is 18.4 Å². The van der Waals surface area contributed by atoms with Gasteiger partial charge in [-0.1, -0.05) is 88.2 Å². The third-order valence-electron chi connectivity index (χ3n) is 5.54. The molecule has 4 rings (SSSR count). The molecule has 168 valence electrons. The number of benzene rings is 3. The number of hydrogen-bond donors (Lipinski definition) is 1. The molecule has 0 fully saturated rings. The number of carbonyl (C=O) groups is 1. The molecule has 1 aliphatic rings. The predicted molar refractivity (Wildman–Crippen MR) is 140 cm³/mol. The molecule has 4 nitrogen and oxygen atoms in total. The highest BCUT2D eigenvalue weighted by Gasteiger charge is 2.45. The minimum absolute atomic E-state index is 0.108. The Labute approximate surface area is 212 Å². The van der Waals surface area contributed by atoms with E-state index >= 15 is 0 Å². The second-order valence-corrected chi connectivity index (χ2v) is 9.86. The van der Waals surface area contributed by atoms with Crippen molar-refractivity contribution in [2.45, 2.75) is 11.8 Å². The molecule has 0 saturated carbocycles. The average Bonchev–Trinajstić information content (AvgIpc) is 3.14. The number of anilines is 1. The first-order valence-corrected chi connectivity index (χ1v) is 11.9. The molecule has 33 heavy (non-hydrogen) atoms. The van der Waals surface area contributed by atoms with E-state index in [9.17, 15) is 4.79 Å². The molecule has 1 unspecified atom stereocenters. The Bertz CT molecular complexity index is 1180. The van der Waals surface area contributed by atoms with E-state index in [-0.39, 0.29) is 12.5 Å².